The number of phenolic OH excluding ortho intramolecular Hbond substituents is 1. The molecule has 2 N–H and O–H groups in total. The molecule has 1 amide bonds. The van der Waals surface area contributed by atoms with Gasteiger partial charge in [0.2, 0.25) is 0 Å². The second-order valence-corrected chi connectivity index (χ2v) is 4.70. The Balaban J connectivity index is 2.32. The first-order chi connectivity index (χ1) is 8.65. The Morgan fingerprint density at radius 2 is 2.22 bits per heavy atom. The lowest BCUT2D eigenvalue weighted by atomic mass is 10.1. The summed E-state index contributed by atoms with van der Waals surface area (Å²) in [5, 5.41) is 12.9. The zero-order chi connectivity index (χ0) is 13.4. The number of halogens is 1. The van der Waals surface area contributed by atoms with Gasteiger partial charge in [0.1, 0.15) is 5.75 Å². The van der Waals surface area contributed by atoms with Gasteiger partial charge in [0.25, 0.3) is 5.91 Å². The highest BCUT2D eigenvalue weighted by Crippen LogP contribution is 2.15. The number of ether oxygens (including phenoxy) is 1. The van der Waals surface area contributed by atoms with E-state index in [-0.39, 0.29) is 11.7 Å². The van der Waals surface area contributed by atoms with E-state index in [0.717, 1.165) is 17.3 Å². The highest BCUT2D eigenvalue weighted by atomic mass is 79.9. The number of benzene rings is 1. The van der Waals surface area contributed by atoms with Gasteiger partial charge in [-0.15, -0.1) is 0 Å². The van der Waals surface area contributed by atoms with Crippen molar-refractivity contribution in [3.63, 3.8) is 0 Å². The van der Waals surface area contributed by atoms with Crippen molar-refractivity contribution in [2.24, 2.45) is 0 Å². The first-order valence-corrected chi connectivity index (χ1v) is 6.99. The van der Waals surface area contributed by atoms with E-state index < -0.39 is 0 Å². The Kier molecular flexibility index (Phi) is 6.75. The average Bonchev–Trinajstić information content (AvgIpc) is 2.33. The van der Waals surface area contributed by atoms with Gasteiger partial charge in [-0.2, -0.15) is 0 Å². The van der Waals surface area contributed by atoms with Crippen LogP contribution in [-0.4, -0.2) is 36.1 Å². The molecule has 4 nitrogen and oxygen atoms in total. The second-order valence-electron chi connectivity index (χ2n) is 3.91. The van der Waals surface area contributed by atoms with E-state index in [2.05, 4.69) is 21.2 Å². The molecule has 18 heavy (non-hydrogen) atoms. The molecule has 5 heteroatoms. The van der Waals surface area contributed by atoms with E-state index in [4.69, 9.17) is 4.74 Å². The van der Waals surface area contributed by atoms with Gasteiger partial charge >= 0.3 is 0 Å². The molecule has 1 aromatic carbocycles. The fourth-order valence-electron chi connectivity index (χ4n) is 1.53. The van der Waals surface area contributed by atoms with Crippen LogP contribution in [0.25, 0.3) is 0 Å². The molecule has 0 saturated carbocycles. The molecule has 0 fully saturated rings. The number of amides is 1. The molecule has 100 valence electrons. The monoisotopic (exact) mass is 315 g/mol. The summed E-state index contributed by atoms with van der Waals surface area (Å²) in [4.78, 5) is 11.8. The molecular formula is C13H18BrNO3. The number of carbonyl (C=O) groups excluding carboxylic acids is 1. The predicted molar refractivity (Wildman–Crippen MR) is 74.4 cm³/mol. The molecule has 0 aliphatic heterocycles. The van der Waals surface area contributed by atoms with Crippen LogP contribution >= 0.6 is 15.9 Å². The lowest BCUT2D eigenvalue weighted by Gasteiger charge is -2.08. The maximum Gasteiger partial charge on any atom is 0.251 e. The number of rotatable bonds is 7. The third-order valence-electron chi connectivity index (χ3n) is 2.43. The van der Waals surface area contributed by atoms with Crippen LogP contribution in [0.3, 0.4) is 0 Å². The molecule has 0 aromatic heterocycles. The smallest absolute Gasteiger partial charge is 0.251 e. The molecular weight excluding hydrogens is 298 g/mol. The van der Waals surface area contributed by atoms with E-state index in [1.807, 2.05) is 0 Å². The topological polar surface area (TPSA) is 58.6 Å². The van der Waals surface area contributed by atoms with Gasteiger partial charge in [0.05, 0.1) is 6.61 Å². The van der Waals surface area contributed by atoms with Crippen molar-refractivity contribution in [3.05, 3.63) is 29.3 Å². The number of aromatic hydroxyl groups is 1. The summed E-state index contributed by atoms with van der Waals surface area (Å²) in [7, 11) is 0. The molecule has 0 heterocycles. The Hall–Kier alpha value is -1.07. The number of hydrogen-bond acceptors (Lipinski definition) is 3. The molecule has 1 aromatic rings. The predicted octanol–water partition coefficient (Wildman–Crippen LogP) is 2.23. The van der Waals surface area contributed by atoms with Gasteiger partial charge in [0, 0.05) is 24.0 Å². The summed E-state index contributed by atoms with van der Waals surface area (Å²) < 4.78 is 5.28. The van der Waals surface area contributed by atoms with Crippen LogP contribution in [-0.2, 0) is 4.74 Å². The first kappa shape index (κ1) is 15.0. The van der Waals surface area contributed by atoms with Gasteiger partial charge in [-0.1, -0.05) is 15.9 Å². The van der Waals surface area contributed by atoms with Crippen LogP contribution in [0.5, 0.6) is 5.75 Å². The van der Waals surface area contributed by atoms with Crippen LogP contribution in [0.15, 0.2) is 18.2 Å². The molecule has 0 aliphatic rings. The van der Waals surface area contributed by atoms with Crippen LogP contribution in [0.2, 0.25) is 0 Å². The number of alkyl halides is 1. The van der Waals surface area contributed by atoms with E-state index in [1.165, 1.54) is 6.07 Å². The van der Waals surface area contributed by atoms with E-state index in [1.54, 1.807) is 19.1 Å². The maximum absolute atomic E-state index is 11.8. The molecule has 0 spiro atoms. The zero-order valence-electron chi connectivity index (χ0n) is 10.4. The number of phenols is 1. The van der Waals surface area contributed by atoms with Crippen molar-refractivity contribution in [2.45, 2.75) is 13.3 Å². The van der Waals surface area contributed by atoms with Gasteiger partial charge in [-0.25, -0.2) is 0 Å². The van der Waals surface area contributed by atoms with Crippen LogP contribution < -0.4 is 5.32 Å². The minimum atomic E-state index is -0.118. The Bertz CT molecular complexity index is 396. The maximum atomic E-state index is 11.8. The Labute approximate surface area is 115 Å². The van der Waals surface area contributed by atoms with Crippen LogP contribution in [0, 0.1) is 6.92 Å². The second kappa shape index (κ2) is 8.11. The molecule has 1 rings (SSSR count). The largest absolute Gasteiger partial charge is 0.508 e. The van der Waals surface area contributed by atoms with Gasteiger partial charge < -0.3 is 15.2 Å². The first-order valence-electron chi connectivity index (χ1n) is 5.86. The van der Waals surface area contributed by atoms with Crippen molar-refractivity contribution in [1.82, 2.24) is 5.32 Å². The number of hydrogen-bond donors (Lipinski definition) is 2. The summed E-state index contributed by atoms with van der Waals surface area (Å²) in [5.74, 6) is 0.0558. The normalized spacial score (nSPS) is 10.3. The quantitative estimate of drug-likeness (QED) is 0.599. The van der Waals surface area contributed by atoms with E-state index >= 15 is 0 Å². The highest BCUT2D eigenvalue weighted by molar-refractivity contribution is 9.09. The Morgan fingerprint density at radius 3 is 2.89 bits per heavy atom. The molecule has 0 aliphatic carbocycles. The third-order valence-corrected chi connectivity index (χ3v) is 2.75. The molecule has 0 atom stereocenters. The minimum absolute atomic E-state index is 0.118. The summed E-state index contributed by atoms with van der Waals surface area (Å²) in [6.45, 7) is 3.71. The molecule has 0 radical (unpaired) electrons. The van der Waals surface area contributed by atoms with Gasteiger partial charge in [-0.05, 0) is 37.1 Å². The van der Waals surface area contributed by atoms with Crippen molar-refractivity contribution in [1.29, 1.82) is 0 Å². The van der Waals surface area contributed by atoms with E-state index in [9.17, 15) is 9.90 Å². The fourth-order valence-corrected chi connectivity index (χ4v) is 1.76. The zero-order valence-corrected chi connectivity index (χ0v) is 12.0. The van der Waals surface area contributed by atoms with Crippen LogP contribution in [0.1, 0.15) is 22.3 Å². The van der Waals surface area contributed by atoms with E-state index in [0.29, 0.717) is 25.3 Å². The fraction of sp³-hybridized carbons (Fsp3) is 0.462. The summed E-state index contributed by atoms with van der Waals surface area (Å²) in [6, 6.07) is 4.72. The molecule has 0 saturated heterocycles. The van der Waals surface area contributed by atoms with Crippen molar-refractivity contribution >= 4 is 21.8 Å². The van der Waals surface area contributed by atoms with Crippen molar-refractivity contribution in [3.8, 4) is 5.75 Å². The number of carbonyl (C=O) groups is 1. The number of nitrogens with one attached hydrogen (secondary N) is 1. The van der Waals surface area contributed by atoms with Gasteiger partial charge in [0.15, 0.2) is 0 Å². The SMILES string of the molecule is Cc1cc(O)ccc1C(=O)NCCCOCCBr. The van der Waals surface area contributed by atoms with Crippen molar-refractivity contribution in [2.75, 3.05) is 25.1 Å². The lowest BCUT2D eigenvalue weighted by Crippen LogP contribution is -2.26. The van der Waals surface area contributed by atoms with Crippen LogP contribution in [0.4, 0.5) is 0 Å². The summed E-state index contributed by atoms with van der Waals surface area (Å²) in [6.07, 6.45) is 0.788. The number of aryl methyl sites for hydroxylation is 1. The van der Waals surface area contributed by atoms with Gasteiger partial charge in [-0.3, -0.25) is 4.79 Å². The minimum Gasteiger partial charge on any atom is -0.508 e. The summed E-state index contributed by atoms with van der Waals surface area (Å²) >= 11 is 3.27. The Morgan fingerprint density at radius 1 is 1.44 bits per heavy atom. The lowest BCUT2D eigenvalue weighted by molar-refractivity contribution is 0.0944. The highest BCUT2D eigenvalue weighted by Gasteiger charge is 2.08. The average molecular weight is 316 g/mol. The molecule has 0 unspecified atom stereocenters. The van der Waals surface area contributed by atoms with Crippen molar-refractivity contribution < 1.29 is 14.6 Å². The standard InChI is InChI=1S/C13H18BrNO3/c1-10-9-11(16)3-4-12(10)13(17)15-6-2-7-18-8-5-14/h3-4,9,16H,2,5-8H2,1H3,(H,15,17). The summed E-state index contributed by atoms with van der Waals surface area (Å²) in [5.41, 5.74) is 1.36. The molecule has 0 bridgehead atoms. The third kappa shape index (κ3) is 5.06.